The van der Waals surface area contributed by atoms with Crippen LogP contribution >= 0.6 is 0 Å². The van der Waals surface area contributed by atoms with E-state index in [2.05, 4.69) is 32.3 Å². The fourth-order valence-electron chi connectivity index (χ4n) is 8.69. The van der Waals surface area contributed by atoms with Crippen molar-refractivity contribution in [1.82, 2.24) is 0 Å². The van der Waals surface area contributed by atoms with E-state index in [0.29, 0.717) is 5.41 Å². The summed E-state index contributed by atoms with van der Waals surface area (Å²) in [6.45, 7) is 12.4. The van der Waals surface area contributed by atoms with Gasteiger partial charge >= 0.3 is 0 Å². The van der Waals surface area contributed by atoms with Crippen LogP contribution in [0.3, 0.4) is 0 Å². The van der Waals surface area contributed by atoms with Crippen LogP contribution in [-0.4, -0.2) is 12.8 Å². The van der Waals surface area contributed by atoms with Crippen molar-refractivity contribution in [1.29, 1.82) is 0 Å². The van der Waals surface area contributed by atoms with Crippen molar-refractivity contribution in [2.75, 3.05) is 6.54 Å². The van der Waals surface area contributed by atoms with Gasteiger partial charge in [-0.15, -0.1) is 0 Å². The van der Waals surface area contributed by atoms with Gasteiger partial charge in [0.2, 0.25) is 0 Å². The molecule has 0 radical (unpaired) electrons. The number of rotatable bonds is 5. The predicted octanol–water partition coefficient (Wildman–Crippen LogP) is 7.17. The second kappa shape index (κ2) is 8.03. The molecular formula is C26H43N. The fourth-order valence-corrected chi connectivity index (χ4v) is 8.69. The van der Waals surface area contributed by atoms with Crippen LogP contribution < -0.4 is 0 Å². The van der Waals surface area contributed by atoms with E-state index < -0.39 is 0 Å². The Morgan fingerprint density at radius 2 is 1.85 bits per heavy atom. The molecule has 0 unspecified atom stereocenters. The van der Waals surface area contributed by atoms with E-state index in [0.717, 1.165) is 53.9 Å². The van der Waals surface area contributed by atoms with E-state index in [-0.39, 0.29) is 0 Å². The molecule has 0 bridgehead atoms. The molecule has 4 rings (SSSR count). The van der Waals surface area contributed by atoms with Crippen LogP contribution in [-0.2, 0) is 0 Å². The Bertz CT molecular complexity index is 550. The zero-order valence-electron chi connectivity index (χ0n) is 18.2. The summed E-state index contributed by atoms with van der Waals surface area (Å²) < 4.78 is 0. The van der Waals surface area contributed by atoms with E-state index in [9.17, 15) is 0 Å². The Kier molecular flexibility index (Phi) is 5.87. The molecule has 0 spiro atoms. The largest absolute Gasteiger partial charge is 0.293 e. The quantitative estimate of drug-likeness (QED) is 0.455. The average Bonchev–Trinajstić information content (AvgIpc) is 3.02. The van der Waals surface area contributed by atoms with E-state index >= 15 is 0 Å². The lowest BCUT2D eigenvalue weighted by Gasteiger charge is -2.56. The summed E-state index contributed by atoms with van der Waals surface area (Å²) >= 11 is 0. The Morgan fingerprint density at radius 3 is 2.67 bits per heavy atom. The first-order valence-electron chi connectivity index (χ1n) is 12.2. The van der Waals surface area contributed by atoms with Crippen LogP contribution in [0.5, 0.6) is 0 Å². The van der Waals surface area contributed by atoms with Crippen molar-refractivity contribution < 1.29 is 0 Å². The molecule has 4 aliphatic carbocycles. The van der Waals surface area contributed by atoms with E-state index in [1.165, 1.54) is 32.1 Å². The Hall–Kier alpha value is -0.590. The van der Waals surface area contributed by atoms with E-state index in [4.69, 9.17) is 0 Å². The third-order valence-corrected chi connectivity index (χ3v) is 9.90. The number of allylic oxidation sites excluding steroid dienone is 1. The predicted molar refractivity (Wildman–Crippen MR) is 117 cm³/mol. The van der Waals surface area contributed by atoms with E-state index in [1.54, 1.807) is 38.2 Å². The Balaban J connectivity index is 1.43. The number of hydrogen-bond acceptors (Lipinski definition) is 1. The number of nitrogens with zero attached hydrogens (tertiary/aromatic N) is 1. The van der Waals surface area contributed by atoms with Crippen LogP contribution in [0.2, 0.25) is 0 Å². The summed E-state index contributed by atoms with van der Waals surface area (Å²) in [5.74, 6) is 8.11. The lowest BCUT2D eigenvalue weighted by atomic mass is 9.49. The maximum atomic E-state index is 4.50. The second-order valence-electron chi connectivity index (χ2n) is 11.1. The topological polar surface area (TPSA) is 12.4 Å². The summed E-state index contributed by atoms with van der Waals surface area (Å²) in [4.78, 5) is 4.50. The standard InChI is InChI=1S/C26H43N/c1-5-15-27-16-13-19(3)24-10-11-25-23-9-7-20-17-18(2)6-8-21(20)22(23)12-14-26(24,25)4/h5,15,18-25H,1,6-14,16-17H2,2-4H3/b27-15-/t18-,19-,20+,21-,22+,23+,24+,25-,26+/m0/s1. The van der Waals surface area contributed by atoms with Crippen LogP contribution in [0.1, 0.15) is 85.0 Å². The summed E-state index contributed by atoms with van der Waals surface area (Å²) in [6, 6.07) is 0. The minimum Gasteiger partial charge on any atom is -0.293 e. The van der Waals surface area contributed by atoms with Gasteiger partial charge in [-0.25, -0.2) is 0 Å². The monoisotopic (exact) mass is 369 g/mol. The molecule has 27 heavy (non-hydrogen) atoms. The highest BCUT2D eigenvalue weighted by Crippen LogP contribution is 2.65. The highest BCUT2D eigenvalue weighted by molar-refractivity contribution is 5.69. The van der Waals surface area contributed by atoms with Gasteiger partial charge in [0, 0.05) is 12.8 Å². The molecule has 0 saturated heterocycles. The highest BCUT2D eigenvalue weighted by atomic mass is 14.7. The first-order chi connectivity index (χ1) is 13.0. The molecule has 152 valence electrons. The van der Waals surface area contributed by atoms with Crippen molar-refractivity contribution in [2.24, 2.45) is 57.8 Å². The minimum absolute atomic E-state index is 0.623. The minimum atomic E-state index is 0.623. The SMILES string of the molecule is C=C/C=N\CC[C@H](C)[C@H]1CC[C@H]2[C@@H]3CC[C@@H]4C[C@@H](C)CC[C@@H]4[C@H]3CC[C@]12C. The van der Waals surface area contributed by atoms with Gasteiger partial charge in [0.15, 0.2) is 0 Å². The maximum Gasteiger partial charge on any atom is 0.0391 e. The summed E-state index contributed by atoms with van der Waals surface area (Å²) in [5.41, 5.74) is 0.623. The van der Waals surface area contributed by atoms with Crippen molar-refractivity contribution in [3.05, 3.63) is 12.7 Å². The molecule has 0 heterocycles. The fraction of sp³-hybridized carbons (Fsp3) is 0.885. The molecule has 9 atom stereocenters. The first-order valence-corrected chi connectivity index (χ1v) is 12.2. The number of fused-ring (bicyclic) bond motifs is 5. The maximum absolute atomic E-state index is 4.50. The summed E-state index contributed by atoms with van der Waals surface area (Å²) in [5, 5.41) is 0. The molecule has 4 fully saturated rings. The highest BCUT2D eigenvalue weighted by Gasteiger charge is 2.57. The smallest absolute Gasteiger partial charge is 0.0391 e. The van der Waals surface area contributed by atoms with Gasteiger partial charge in [-0.05, 0) is 111 Å². The lowest BCUT2D eigenvalue weighted by molar-refractivity contribution is -0.0730. The first kappa shape index (κ1) is 19.7. The zero-order chi connectivity index (χ0) is 19.0. The summed E-state index contributed by atoms with van der Waals surface area (Å²) in [6.07, 6.45) is 18.7. The molecule has 4 aliphatic rings. The number of hydrogen-bond donors (Lipinski definition) is 0. The van der Waals surface area contributed by atoms with Crippen molar-refractivity contribution in [2.45, 2.75) is 85.0 Å². The molecule has 1 heteroatoms. The van der Waals surface area contributed by atoms with E-state index in [1.807, 2.05) is 6.21 Å². The molecule has 0 N–H and O–H groups in total. The summed E-state index contributed by atoms with van der Waals surface area (Å²) in [7, 11) is 0. The molecular weight excluding hydrogens is 326 g/mol. The average molecular weight is 370 g/mol. The zero-order valence-corrected chi connectivity index (χ0v) is 18.2. The molecule has 0 aromatic rings. The molecule has 4 saturated carbocycles. The van der Waals surface area contributed by atoms with Gasteiger partial charge in [-0.1, -0.05) is 39.8 Å². The molecule has 0 aromatic carbocycles. The lowest BCUT2D eigenvalue weighted by Crippen LogP contribution is -2.49. The molecule has 1 nitrogen and oxygen atoms in total. The molecule has 0 aromatic heterocycles. The van der Waals surface area contributed by atoms with Gasteiger partial charge in [-0.2, -0.15) is 0 Å². The van der Waals surface area contributed by atoms with Gasteiger partial charge in [0.1, 0.15) is 0 Å². The van der Waals surface area contributed by atoms with Crippen molar-refractivity contribution >= 4 is 6.21 Å². The van der Waals surface area contributed by atoms with Gasteiger partial charge in [0.25, 0.3) is 0 Å². The van der Waals surface area contributed by atoms with Crippen molar-refractivity contribution in [3.63, 3.8) is 0 Å². The van der Waals surface area contributed by atoms with Crippen LogP contribution in [0.25, 0.3) is 0 Å². The third kappa shape index (κ3) is 3.58. The Morgan fingerprint density at radius 1 is 1.04 bits per heavy atom. The third-order valence-electron chi connectivity index (χ3n) is 9.90. The normalized spacial score (nSPS) is 47.9. The van der Waals surface area contributed by atoms with Gasteiger partial charge < -0.3 is 0 Å². The van der Waals surface area contributed by atoms with Crippen LogP contribution in [0.4, 0.5) is 0 Å². The van der Waals surface area contributed by atoms with Crippen LogP contribution in [0.15, 0.2) is 17.6 Å². The number of aliphatic imine (C=N–C) groups is 1. The molecule has 0 amide bonds. The van der Waals surface area contributed by atoms with Gasteiger partial charge in [0.05, 0.1) is 0 Å². The molecule has 0 aliphatic heterocycles. The Labute approximate surface area is 168 Å². The van der Waals surface area contributed by atoms with Gasteiger partial charge in [-0.3, -0.25) is 4.99 Å². The van der Waals surface area contributed by atoms with Crippen molar-refractivity contribution in [3.8, 4) is 0 Å². The second-order valence-corrected chi connectivity index (χ2v) is 11.1. The van der Waals surface area contributed by atoms with Crippen LogP contribution in [0, 0.1) is 52.8 Å².